The molecule has 1 aromatic rings. The molecule has 0 nitrogen and oxygen atoms in total. The van der Waals surface area contributed by atoms with E-state index in [1.165, 1.54) is 25.7 Å². The number of allylic oxidation sites excluding steroid dienone is 4. The summed E-state index contributed by atoms with van der Waals surface area (Å²) < 4.78 is 0. The summed E-state index contributed by atoms with van der Waals surface area (Å²) in [6.07, 6.45) is 15.4. The molecule has 0 aromatic heterocycles. The van der Waals surface area contributed by atoms with Gasteiger partial charge in [0.15, 0.2) is 0 Å². The molecule has 0 N–H and O–H groups in total. The maximum absolute atomic E-state index is 2.47. The van der Waals surface area contributed by atoms with Gasteiger partial charge >= 0.3 is 0 Å². The van der Waals surface area contributed by atoms with Crippen molar-refractivity contribution in [2.45, 2.75) is 37.5 Å². The lowest BCUT2D eigenvalue weighted by Gasteiger charge is -2.21. The van der Waals surface area contributed by atoms with Crippen molar-refractivity contribution in [3.8, 4) is 0 Å². The maximum atomic E-state index is 2.47. The van der Waals surface area contributed by atoms with E-state index in [1.807, 2.05) is 0 Å². The van der Waals surface area contributed by atoms with E-state index in [-0.39, 0.29) is 0 Å². The standard InChI is InChI=1S/C20H22/c1-3-17-9-13(1)11-19(17)15-5-7-16(8-6-15)20-12-14-2-4-18(20)10-14/h1-8,13-14,17-20H,9-12H2/t13-,14-,17+,18+,19?,20?/m1/s1. The molecule has 4 bridgehead atoms. The van der Waals surface area contributed by atoms with Crippen LogP contribution in [0.5, 0.6) is 0 Å². The van der Waals surface area contributed by atoms with Crippen LogP contribution in [0.15, 0.2) is 48.6 Å². The Balaban J connectivity index is 1.39. The Kier molecular flexibility index (Phi) is 2.33. The molecule has 2 unspecified atom stereocenters. The Labute approximate surface area is 121 Å². The average molecular weight is 262 g/mol. The highest BCUT2D eigenvalue weighted by molar-refractivity contribution is 5.34. The van der Waals surface area contributed by atoms with E-state index < -0.39 is 0 Å². The Morgan fingerprint density at radius 1 is 0.550 bits per heavy atom. The third-order valence-corrected chi connectivity index (χ3v) is 6.35. The van der Waals surface area contributed by atoms with E-state index >= 15 is 0 Å². The lowest BCUT2D eigenvalue weighted by Crippen LogP contribution is -2.07. The van der Waals surface area contributed by atoms with Gasteiger partial charge in [0, 0.05) is 0 Å². The van der Waals surface area contributed by atoms with Gasteiger partial charge in [0.2, 0.25) is 0 Å². The molecule has 0 amide bonds. The van der Waals surface area contributed by atoms with Crippen LogP contribution >= 0.6 is 0 Å². The van der Waals surface area contributed by atoms with Crippen molar-refractivity contribution in [2.75, 3.05) is 0 Å². The molecule has 4 aliphatic rings. The summed E-state index contributed by atoms with van der Waals surface area (Å²) in [6, 6.07) is 9.74. The lowest BCUT2D eigenvalue weighted by atomic mass is 9.83. The van der Waals surface area contributed by atoms with Crippen LogP contribution in [-0.4, -0.2) is 0 Å². The third-order valence-electron chi connectivity index (χ3n) is 6.35. The fourth-order valence-corrected chi connectivity index (χ4v) is 5.32. The van der Waals surface area contributed by atoms with Crippen LogP contribution in [0.3, 0.4) is 0 Å². The van der Waals surface area contributed by atoms with Crippen molar-refractivity contribution in [1.29, 1.82) is 0 Å². The average Bonchev–Trinajstić information content (AvgIpc) is 3.27. The highest BCUT2D eigenvalue weighted by Gasteiger charge is 2.38. The second kappa shape index (κ2) is 4.10. The summed E-state index contributed by atoms with van der Waals surface area (Å²) in [6.45, 7) is 0. The smallest absolute Gasteiger partial charge is 0.00932 e. The van der Waals surface area contributed by atoms with Crippen LogP contribution in [0.25, 0.3) is 0 Å². The Morgan fingerprint density at radius 2 is 1.00 bits per heavy atom. The van der Waals surface area contributed by atoms with Crippen molar-refractivity contribution in [3.05, 3.63) is 59.7 Å². The van der Waals surface area contributed by atoms with Crippen LogP contribution in [0.2, 0.25) is 0 Å². The minimum Gasteiger partial charge on any atom is -0.0851 e. The van der Waals surface area contributed by atoms with Crippen LogP contribution in [0.4, 0.5) is 0 Å². The molecule has 1 aromatic carbocycles. The summed E-state index contributed by atoms with van der Waals surface area (Å²) in [7, 11) is 0. The quantitative estimate of drug-likeness (QED) is 0.655. The summed E-state index contributed by atoms with van der Waals surface area (Å²) in [5, 5.41) is 0. The zero-order valence-corrected chi connectivity index (χ0v) is 11.9. The molecule has 0 radical (unpaired) electrons. The molecule has 0 spiro atoms. The van der Waals surface area contributed by atoms with Crippen LogP contribution in [0.1, 0.15) is 48.6 Å². The van der Waals surface area contributed by atoms with Gasteiger partial charge in [-0.3, -0.25) is 0 Å². The molecule has 0 heterocycles. The highest BCUT2D eigenvalue weighted by atomic mass is 14.4. The Morgan fingerprint density at radius 3 is 1.30 bits per heavy atom. The van der Waals surface area contributed by atoms with Gasteiger partial charge < -0.3 is 0 Å². The largest absolute Gasteiger partial charge is 0.0851 e. The van der Waals surface area contributed by atoms with E-state index in [4.69, 9.17) is 0 Å². The predicted octanol–water partition coefficient (Wildman–Crippen LogP) is 5.05. The van der Waals surface area contributed by atoms with E-state index in [0.717, 1.165) is 35.5 Å². The SMILES string of the molecule is C1=C[C@H]2C[C@@H]1CC2c1ccc(C2C[C@@H]3C=C[C@H]2C3)cc1. The molecule has 0 aliphatic heterocycles. The second-order valence-corrected chi connectivity index (χ2v) is 7.44. The number of hydrogen-bond donors (Lipinski definition) is 0. The Hall–Kier alpha value is -1.30. The van der Waals surface area contributed by atoms with E-state index in [9.17, 15) is 0 Å². The zero-order chi connectivity index (χ0) is 13.1. The van der Waals surface area contributed by atoms with E-state index in [1.54, 1.807) is 11.1 Å². The van der Waals surface area contributed by atoms with Crippen molar-refractivity contribution in [2.24, 2.45) is 23.7 Å². The van der Waals surface area contributed by atoms with Crippen LogP contribution in [-0.2, 0) is 0 Å². The van der Waals surface area contributed by atoms with Crippen LogP contribution < -0.4 is 0 Å². The minimum absolute atomic E-state index is 0.805. The highest BCUT2D eigenvalue weighted by Crippen LogP contribution is 2.50. The zero-order valence-electron chi connectivity index (χ0n) is 11.9. The molecule has 2 saturated carbocycles. The van der Waals surface area contributed by atoms with E-state index in [0.29, 0.717) is 0 Å². The van der Waals surface area contributed by atoms with Gasteiger partial charge in [0.1, 0.15) is 0 Å². The molecule has 4 aliphatic carbocycles. The van der Waals surface area contributed by atoms with Gasteiger partial charge in [-0.15, -0.1) is 0 Å². The molecule has 20 heavy (non-hydrogen) atoms. The summed E-state index contributed by atoms with van der Waals surface area (Å²) >= 11 is 0. The molecule has 102 valence electrons. The first-order valence-corrected chi connectivity index (χ1v) is 8.33. The fraction of sp³-hybridized carbons (Fsp3) is 0.500. The van der Waals surface area contributed by atoms with Crippen molar-refractivity contribution in [1.82, 2.24) is 0 Å². The monoisotopic (exact) mass is 262 g/mol. The molecule has 2 fully saturated rings. The molecule has 5 rings (SSSR count). The Bertz CT molecular complexity index is 524. The maximum Gasteiger partial charge on any atom is -0.00932 e. The summed E-state index contributed by atoms with van der Waals surface area (Å²) in [4.78, 5) is 0. The van der Waals surface area contributed by atoms with Crippen molar-refractivity contribution in [3.63, 3.8) is 0 Å². The summed E-state index contributed by atoms with van der Waals surface area (Å²) in [5.74, 6) is 5.02. The predicted molar refractivity (Wildman–Crippen MR) is 82.6 cm³/mol. The third kappa shape index (κ3) is 1.60. The van der Waals surface area contributed by atoms with Crippen molar-refractivity contribution >= 4 is 0 Å². The second-order valence-electron chi connectivity index (χ2n) is 7.44. The molecular formula is C20H22. The number of fused-ring (bicyclic) bond motifs is 4. The van der Waals surface area contributed by atoms with Gasteiger partial charge in [0.05, 0.1) is 0 Å². The molecule has 6 atom stereocenters. The number of rotatable bonds is 2. The minimum atomic E-state index is 0.805. The lowest BCUT2D eigenvalue weighted by molar-refractivity contribution is 0.576. The first-order valence-electron chi connectivity index (χ1n) is 8.33. The van der Waals surface area contributed by atoms with Crippen molar-refractivity contribution < 1.29 is 0 Å². The normalized spacial score (nSPS) is 43.8. The van der Waals surface area contributed by atoms with Gasteiger partial charge in [-0.1, -0.05) is 48.6 Å². The molecular weight excluding hydrogens is 240 g/mol. The number of hydrogen-bond acceptors (Lipinski definition) is 0. The number of benzene rings is 1. The molecule has 0 heteroatoms. The van der Waals surface area contributed by atoms with Gasteiger partial charge in [-0.05, 0) is 72.3 Å². The molecule has 0 saturated heterocycles. The first-order chi connectivity index (χ1) is 9.87. The summed E-state index contributed by atoms with van der Waals surface area (Å²) in [5.41, 5.74) is 3.17. The van der Waals surface area contributed by atoms with E-state index in [2.05, 4.69) is 48.6 Å². The topological polar surface area (TPSA) is 0 Å². The van der Waals surface area contributed by atoms with Crippen LogP contribution in [0, 0.1) is 23.7 Å². The first kappa shape index (κ1) is 11.4. The van der Waals surface area contributed by atoms with Gasteiger partial charge in [-0.2, -0.15) is 0 Å². The fourth-order valence-electron chi connectivity index (χ4n) is 5.32. The van der Waals surface area contributed by atoms with Gasteiger partial charge in [-0.25, -0.2) is 0 Å². The van der Waals surface area contributed by atoms with Gasteiger partial charge in [0.25, 0.3) is 0 Å².